The van der Waals surface area contributed by atoms with Crippen LogP contribution in [0.2, 0.25) is 0 Å². The summed E-state index contributed by atoms with van der Waals surface area (Å²) < 4.78 is 10.4. The van der Waals surface area contributed by atoms with Gasteiger partial charge in [0.25, 0.3) is 5.91 Å². The molecule has 1 aliphatic heterocycles. The molecule has 0 saturated carbocycles. The summed E-state index contributed by atoms with van der Waals surface area (Å²) in [5.74, 6) is -0.393. The van der Waals surface area contributed by atoms with E-state index in [1.807, 2.05) is 11.8 Å². The minimum atomic E-state index is -0.485. The van der Waals surface area contributed by atoms with E-state index in [1.54, 1.807) is 37.3 Å². The molecule has 8 nitrogen and oxygen atoms in total. The molecular formula is C19H22N4O4. The van der Waals surface area contributed by atoms with Gasteiger partial charge in [0.2, 0.25) is 5.95 Å². The van der Waals surface area contributed by atoms with Gasteiger partial charge in [0.05, 0.1) is 31.1 Å². The van der Waals surface area contributed by atoms with Gasteiger partial charge in [0.1, 0.15) is 5.69 Å². The number of carbonyl (C=O) groups excluding carboxylic acids is 2. The summed E-state index contributed by atoms with van der Waals surface area (Å²) in [6, 6.07) is 8.33. The van der Waals surface area contributed by atoms with Crippen LogP contribution in [-0.4, -0.2) is 54.8 Å². The molecule has 1 N–H and O–H groups in total. The highest BCUT2D eigenvalue weighted by Crippen LogP contribution is 2.18. The second-order valence-electron chi connectivity index (χ2n) is 6.01. The number of amides is 1. The zero-order chi connectivity index (χ0) is 19.2. The average Bonchev–Trinajstić information content (AvgIpc) is 2.68. The van der Waals surface area contributed by atoms with Gasteiger partial charge in [-0.25, -0.2) is 14.8 Å². The summed E-state index contributed by atoms with van der Waals surface area (Å²) in [7, 11) is 0. The van der Waals surface area contributed by atoms with Crippen LogP contribution in [0.5, 0.6) is 0 Å². The van der Waals surface area contributed by atoms with Crippen LogP contribution in [0.4, 0.5) is 11.6 Å². The molecule has 2 aromatic rings. The number of hydrogen-bond acceptors (Lipinski definition) is 7. The number of aromatic nitrogens is 2. The fourth-order valence-electron chi connectivity index (χ4n) is 2.74. The SMILES string of the molecule is CCOC(=O)c1ccccc1NC(=O)c1cc(C)nc(N2CCOCC2)n1. The molecule has 1 aliphatic rings. The Morgan fingerprint density at radius 2 is 1.96 bits per heavy atom. The minimum Gasteiger partial charge on any atom is -0.462 e. The van der Waals surface area contributed by atoms with Gasteiger partial charge in [0, 0.05) is 18.8 Å². The molecule has 142 valence electrons. The average molecular weight is 370 g/mol. The van der Waals surface area contributed by atoms with E-state index in [0.717, 1.165) is 0 Å². The first kappa shape index (κ1) is 18.8. The number of para-hydroxylation sites is 1. The maximum atomic E-state index is 12.7. The van der Waals surface area contributed by atoms with Gasteiger partial charge in [-0.2, -0.15) is 0 Å². The Morgan fingerprint density at radius 1 is 1.22 bits per heavy atom. The maximum absolute atomic E-state index is 12.7. The zero-order valence-corrected chi connectivity index (χ0v) is 15.4. The zero-order valence-electron chi connectivity index (χ0n) is 15.4. The second kappa shape index (κ2) is 8.59. The Hall–Kier alpha value is -3.00. The summed E-state index contributed by atoms with van der Waals surface area (Å²) in [6.07, 6.45) is 0. The van der Waals surface area contributed by atoms with Gasteiger partial charge >= 0.3 is 5.97 Å². The smallest absolute Gasteiger partial charge is 0.340 e. The Morgan fingerprint density at radius 3 is 2.70 bits per heavy atom. The molecule has 27 heavy (non-hydrogen) atoms. The number of benzene rings is 1. The van der Waals surface area contributed by atoms with Crippen molar-refractivity contribution in [1.82, 2.24) is 9.97 Å². The Kier molecular flexibility index (Phi) is 5.97. The van der Waals surface area contributed by atoms with Gasteiger partial charge < -0.3 is 19.7 Å². The molecule has 0 atom stereocenters. The lowest BCUT2D eigenvalue weighted by Crippen LogP contribution is -2.37. The van der Waals surface area contributed by atoms with Crippen molar-refractivity contribution in [3.05, 3.63) is 47.3 Å². The van der Waals surface area contributed by atoms with Crippen LogP contribution in [0.15, 0.2) is 30.3 Å². The number of anilines is 2. The van der Waals surface area contributed by atoms with Crippen molar-refractivity contribution in [2.24, 2.45) is 0 Å². The van der Waals surface area contributed by atoms with Crippen LogP contribution in [0.3, 0.4) is 0 Å². The van der Waals surface area contributed by atoms with E-state index < -0.39 is 11.9 Å². The Bertz CT molecular complexity index is 834. The molecule has 3 rings (SSSR count). The third-order valence-electron chi connectivity index (χ3n) is 4.04. The number of rotatable bonds is 5. The number of esters is 1. The lowest BCUT2D eigenvalue weighted by Gasteiger charge is -2.27. The van der Waals surface area contributed by atoms with Crippen molar-refractivity contribution < 1.29 is 19.1 Å². The molecule has 0 spiro atoms. The molecule has 8 heteroatoms. The molecular weight excluding hydrogens is 348 g/mol. The van der Waals surface area contributed by atoms with E-state index in [-0.39, 0.29) is 12.3 Å². The van der Waals surface area contributed by atoms with Crippen LogP contribution < -0.4 is 10.2 Å². The van der Waals surface area contributed by atoms with Crippen molar-refractivity contribution in [3.8, 4) is 0 Å². The third-order valence-corrected chi connectivity index (χ3v) is 4.04. The summed E-state index contributed by atoms with van der Waals surface area (Å²) in [4.78, 5) is 35.6. The highest BCUT2D eigenvalue weighted by Gasteiger charge is 2.19. The van der Waals surface area contributed by atoms with Gasteiger partial charge in [-0.3, -0.25) is 4.79 Å². The van der Waals surface area contributed by atoms with Gasteiger partial charge in [-0.15, -0.1) is 0 Å². The van der Waals surface area contributed by atoms with Crippen LogP contribution in [0.25, 0.3) is 0 Å². The Balaban J connectivity index is 1.83. The van der Waals surface area contributed by atoms with Crippen LogP contribution in [0, 0.1) is 6.92 Å². The van der Waals surface area contributed by atoms with Crippen molar-refractivity contribution >= 4 is 23.5 Å². The number of morpholine rings is 1. The number of nitrogens with zero attached hydrogens (tertiary/aromatic N) is 3. The predicted molar refractivity (Wildman–Crippen MR) is 100 cm³/mol. The summed E-state index contributed by atoms with van der Waals surface area (Å²) in [5, 5.41) is 2.75. The van der Waals surface area contributed by atoms with E-state index in [0.29, 0.717) is 49.2 Å². The van der Waals surface area contributed by atoms with Gasteiger partial charge in [0.15, 0.2) is 0 Å². The highest BCUT2D eigenvalue weighted by atomic mass is 16.5. The molecule has 1 aromatic heterocycles. The van der Waals surface area contributed by atoms with E-state index >= 15 is 0 Å². The first-order chi connectivity index (χ1) is 13.1. The predicted octanol–water partition coefficient (Wildman–Crippen LogP) is 2.05. The molecule has 1 fully saturated rings. The van der Waals surface area contributed by atoms with E-state index in [2.05, 4.69) is 15.3 Å². The molecule has 1 aromatic carbocycles. The van der Waals surface area contributed by atoms with Crippen LogP contribution >= 0.6 is 0 Å². The Labute approximate surface area is 157 Å². The lowest BCUT2D eigenvalue weighted by atomic mass is 10.1. The number of ether oxygens (including phenoxy) is 2. The highest BCUT2D eigenvalue weighted by molar-refractivity contribution is 6.07. The van der Waals surface area contributed by atoms with Gasteiger partial charge in [-0.05, 0) is 32.0 Å². The number of hydrogen-bond donors (Lipinski definition) is 1. The maximum Gasteiger partial charge on any atom is 0.340 e. The summed E-state index contributed by atoms with van der Waals surface area (Å²) >= 11 is 0. The molecule has 0 unspecified atom stereocenters. The minimum absolute atomic E-state index is 0.239. The normalized spacial score (nSPS) is 13.9. The first-order valence-electron chi connectivity index (χ1n) is 8.84. The van der Waals surface area contributed by atoms with E-state index in [4.69, 9.17) is 9.47 Å². The van der Waals surface area contributed by atoms with Crippen molar-refractivity contribution in [3.63, 3.8) is 0 Å². The molecule has 2 heterocycles. The van der Waals surface area contributed by atoms with Crippen molar-refractivity contribution in [2.75, 3.05) is 43.1 Å². The molecule has 0 radical (unpaired) electrons. The fraction of sp³-hybridized carbons (Fsp3) is 0.368. The molecule has 0 aliphatic carbocycles. The second-order valence-corrected chi connectivity index (χ2v) is 6.01. The lowest BCUT2D eigenvalue weighted by molar-refractivity contribution is 0.0527. The largest absolute Gasteiger partial charge is 0.462 e. The first-order valence-corrected chi connectivity index (χ1v) is 8.84. The van der Waals surface area contributed by atoms with Gasteiger partial charge in [-0.1, -0.05) is 12.1 Å². The summed E-state index contributed by atoms with van der Waals surface area (Å²) in [6.45, 7) is 6.37. The van der Waals surface area contributed by atoms with Crippen molar-refractivity contribution in [1.29, 1.82) is 0 Å². The molecule has 0 bridgehead atoms. The topological polar surface area (TPSA) is 93.6 Å². The van der Waals surface area contributed by atoms with E-state index in [1.165, 1.54) is 0 Å². The quantitative estimate of drug-likeness (QED) is 0.805. The molecule has 1 amide bonds. The summed E-state index contributed by atoms with van der Waals surface area (Å²) in [5.41, 5.74) is 1.61. The number of nitrogens with one attached hydrogen (secondary N) is 1. The fourth-order valence-corrected chi connectivity index (χ4v) is 2.74. The third kappa shape index (κ3) is 4.59. The van der Waals surface area contributed by atoms with E-state index in [9.17, 15) is 9.59 Å². The van der Waals surface area contributed by atoms with Crippen LogP contribution in [-0.2, 0) is 9.47 Å². The van der Waals surface area contributed by atoms with Crippen LogP contribution in [0.1, 0.15) is 33.5 Å². The standard InChI is InChI=1S/C19H22N4O4/c1-3-27-18(25)14-6-4-5-7-15(14)21-17(24)16-12-13(2)20-19(22-16)23-8-10-26-11-9-23/h4-7,12H,3,8-11H2,1-2H3,(H,21,24). The monoisotopic (exact) mass is 370 g/mol. The number of aryl methyl sites for hydroxylation is 1. The molecule has 1 saturated heterocycles. The number of carbonyl (C=O) groups is 2. The van der Waals surface area contributed by atoms with Crippen molar-refractivity contribution in [2.45, 2.75) is 13.8 Å².